The highest BCUT2D eigenvalue weighted by Gasteiger charge is 2.07. The number of hydrogen-bond acceptors (Lipinski definition) is 2. The predicted octanol–water partition coefficient (Wildman–Crippen LogP) is 1.64. The molecular formula is C8H14N2. The second-order valence-electron chi connectivity index (χ2n) is 2.59. The average Bonchev–Trinajstić information content (AvgIpc) is 1.95. The Hall–Kier alpha value is -0.790. The van der Waals surface area contributed by atoms with Crippen LogP contribution in [0.1, 0.15) is 20.3 Å². The van der Waals surface area contributed by atoms with Gasteiger partial charge in [0.25, 0.3) is 0 Å². The van der Waals surface area contributed by atoms with Crippen LogP contribution in [-0.4, -0.2) is 23.8 Å². The number of nitrogens with zero attached hydrogens (tertiary/aromatic N) is 2. The van der Waals surface area contributed by atoms with E-state index in [0.717, 1.165) is 6.42 Å². The molecule has 0 aliphatic carbocycles. The van der Waals surface area contributed by atoms with Crippen LogP contribution in [0.2, 0.25) is 0 Å². The fourth-order valence-electron chi connectivity index (χ4n) is 0.911. The fourth-order valence-corrected chi connectivity index (χ4v) is 0.911. The molecule has 1 rings (SSSR count). The van der Waals surface area contributed by atoms with Crippen LogP contribution in [0.4, 0.5) is 0 Å². The largest absolute Gasteiger partial charge is 0.359 e. The number of aliphatic imine (C=N–C) groups is 1. The van der Waals surface area contributed by atoms with Crippen molar-refractivity contribution in [2.45, 2.75) is 26.4 Å². The van der Waals surface area contributed by atoms with Crippen molar-refractivity contribution in [2.24, 2.45) is 4.99 Å². The van der Waals surface area contributed by atoms with Gasteiger partial charge in [-0.3, -0.25) is 4.99 Å². The van der Waals surface area contributed by atoms with E-state index in [2.05, 4.69) is 36.0 Å². The van der Waals surface area contributed by atoms with Gasteiger partial charge in [0.2, 0.25) is 0 Å². The molecule has 56 valence electrons. The third-order valence-electron chi connectivity index (χ3n) is 1.81. The maximum Gasteiger partial charge on any atom is 0.117 e. The molecule has 0 radical (unpaired) electrons. The van der Waals surface area contributed by atoms with Crippen LogP contribution < -0.4 is 0 Å². The Morgan fingerprint density at radius 1 is 1.70 bits per heavy atom. The van der Waals surface area contributed by atoms with Crippen LogP contribution in [0.15, 0.2) is 17.3 Å². The first-order valence-electron chi connectivity index (χ1n) is 3.71. The van der Waals surface area contributed by atoms with Crippen molar-refractivity contribution >= 4 is 5.71 Å². The highest BCUT2D eigenvalue weighted by molar-refractivity contribution is 5.95. The van der Waals surface area contributed by atoms with Crippen LogP contribution in [0.5, 0.6) is 0 Å². The molecule has 2 nitrogen and oxygen atoms in total. The molecule has 0 N–H and O–H groups in total. The van der Waals surface area contributed by atoms with E-state index in [1.54, 1.807) is 0 Å². The van der Waals surface area contributed by atoms with Gasteiger partial charge in [-0.2, -0.15) is 0 Å². The van der Waals surface area contributed by atoms with Crippen molar-refractivity contribution in [3.63, 3.8) is 0 Å². The second kappa shape index (κ2) is 2.86. The van der Waals surface area contributed by atoms with E-state index in [0.29, 0.717) is 6.17 Å². The molecule has 1 unspecified atom stereocenters. The summed E-state index contributed by atoms with van der Waals surface area (Å²) >= 11 is 0. The molecule has 1 heterocycles. The summed E-state index contributed by atoms with van der Waals surface area (Å²) in [4.78, 5) is 6.53. The Morgan fingerprint density at radius 2 is 2.40 bits per heavy atom. The maximum absolute atomic E-state index is 4.44. The molecule has 0 aromatic rings. The van der Waals surface area contributed by atoms with E-state index >= 15 is 0 Å². The van der Waals surface area contributed by atoms with Gasteiger partial charge in [0.1, 0.15) is 6.17 Å². The zero-order valence-electron chi connectivity index (χ0n) is 6.83. The van der Waals surface area contributed by atoms with Gasteiger partial charge in [0.05, 0.1) is 0 Å². The summed E-state index contributed by atoms with van der Waals surface area (Å²) in [5, 5.41) is 0. The smallest absolute Gasteiger partial charge is 0.117 e. The SMILES string of the molecule is CCC1=NC(C)N(C)C=C1. The van der Waals surface area contributed by atoms with E-state index < -0.39 is 0 Å². The Balaban J connectivity index is 2.66. The molecule has 0 saturated heterocycles. The molecule has 0 fully saturated rings. The van der Waals surface area contributed by atoms with Crippen molar-refractivity contribution in [3.8, 4) is 0 Å². The highest BCUT2D eigenvalue weighted by atomic mass is 15.2. The van der Waals surface area contributed by atoms with Crippen molar-refractivity contribution in [2.75, 3.05) is 7.05 Å². The lowest BCUT2D eigenvalue weighted by atomic mass is 10.2. The molecule has 10 heavy (non-hydrogen) atoms. The Kier molecular flexibility index (Phi) is 2.10. The minimum absolute atomic E-state index is 0.319. The normalized spacial score (nSPS) is 24.9. The van der Waals surface area contributed by atoms with E-state index in [9.17, 15) is 0 Å². The van der Waals surface area contributed by atoms with E-state index in [-0.39, 0.29) is 0 Å². The Bertz CT molecular complexity index is 170. The van der Waals surface area contributed by atoms with Crippen molar-refractivity contribution in [3.05, 3.63) is 12.3 Å². The minimum Gasteiger partial charge on any atom is -0.359 e. The van der Waals surface area contributed by atoms with Crippen LogP contribution in [-0.2, 0) is 0 Å². The third kappa shape index (κ3) is 1.38. The lowest BCUT2D eigenvalue weighted by molar-refractivity contribution is 0.358. The first-order chi connectivity index (χ1) is 4.74. The van der Waals surface area contributed by atoms with Gasteiger partial charge < -0.3 is 4.90 Å². The van der Waals surface area contributed by atoms with Crippen LogP contribution in [0, 0.1) is 0 Å². The minimum atomic E-state index is 0.319. The summed E-state index contributed by atoms with van der Waals surface area (Å²) in [5.74, 6) is 0. The molecule has 0 aromatic carbocycles. The second-order valence-corrected chi connectivity index (χ2v) is 2.59. The Morgan fingerprint density at radius 3 is 2.90 bits per heavy atom. The van der Waals surface area contributed by atoms with E-state index in [1.165, 1.54) is 5.71 Å². The summed E-state index contributed by atoms with van der Waals surface area (Å²) in [6.45, 7) is 4.22. The van der Waals surface area contributed by atoms with Gasteiger partial charge in [-0.25, -0.2) is 0 Å². The number of rotatable bonds is 1. The fraction of sp³-hybridized carbons (Fsp3) is 0.625. The summed E-state index contributed by atoms with van der Waals surface area (Å²) in [6, 6.07) is 0. The maximum atomic E-state index is 4.44. The summed E-state index contributed by atoms with van der Waals surface area (Å²) in [6.07, 6.45) is 5.51. The van der Waals surface area contributed by atoms with Crippen LogP contribution in [0.25, 0.3) is 0 Å². The third-order valence-corrected chi connectivity index (χ3v) is 1.81. The molecule has 0 spiro atoms. The molecule has 2 heteroatoms. The van der Waals surface area contributed by atoms with Gasteiger partial charge >= 0.3 is 0 Å². The van der Waals surface area contributed by atoms with E-state index in [1.807, 2.05) is 7.05 Å². The zero-order chi connectivity index (χ0) is 7.56. The van der Waals surface area contributed by atoms with Crippen molar-refractivity contribution in [1.29, 1.82) is 0 Å². The molecule has 0 aromatic heterocycles. The topological polar surface area (TPSA) is 15.6 Å². The monoisotopic (exact) mass is 138 g/mol. The molecule has 0 bridgehead atoms. The molecule has 0 saturated carbocycles. The summed E-state index contributed by atoms with van der Waals surface area (Å²) < 4.78 is 0. The van der Waals surface area contributed by atoms with Gasteiger partial charge in [-0.15, -0.1) is 0 Å². The lowest BCUT2D eigenvalue weighted by Gasteiger charge is -2.23. The first-order valence-corrected chi connectivity index (χ1v) is 3.71. The highest BCUT2D eigenvalue weighted by Crippen LogP contribution is 2.06. The van der Waals surface area contributed by atoms with Crippen LogP contribution in [0.3, 0.4) is 0 Å². The van der Waals surface area contributed by atoms with Crippen LogP contribution >= 0.6 is 0 Å². The summed E-state index contributed by atoms with van der Waals surface area (Å²) in [7, 11) is 2.04. The lowest BCUT2D eigenvalue weighted by Crippen LogP contribution is -2.26. The van der Waals surface area contributed by atoms with Gasteiger partial charge in [-0.1, -0.05) is 6.92 Å². The van der Waals surface area contributed by atoms with E-state index in [4.69, 9.17) is 0 Å². The standard InChI is InChI=1S/C8H14N2/c1-4-8-5-6-10(3)7(2)9-8/h5-7H,4H2,1-3H3. The molecular weight excluding hydrogens is 124 g/mol. The van der Waals surface area contributed by atoms with Gasteiger partial charge in [0, 0.05) is 19.0 Å². The molecule has 1 aliphatic heterocycles. The van der Waals surface area contributed by atoms with Crippen molar-refractivity contribution in [1.82, 2.24) is 4.90 Å². The average molecular weight is 138 g/mol. The summed E-state index contributed by atoms with van der Waals surface area (Å²) in [5.41, 5.74) is 1.20. The molecule has 1 aliphatic rings. The number of hydrogen-bond donors (Lipinski definition) is 0. The number of allylic oxidation sites excluding steroid dienone is 1. The quantitative estimate of drug-likeness (QED) is 0.538. The first kappa shape index (κ1) is 7.32. The Labute approximate surface area is 62.3 Å². The van der Waals surface area contributed by atoms with Gasteiger partial charge in [0.15, 0.2) is 0 Å². The zero-order valence-corrected chi connectivity index (χ0v) is 6.83. The van der Waals surface area contributed by atoms with Crippen molar-refractivity contribution < 1.29 is 0 Å². The molecule has 0 amide bonds. The predicted molar refractivity (Wildman–Crippen MR) is 44.1 cm³/mol. The molecule has 1 atom stereocenters. The van der Waals surface area contributed by atoms with Gasteiger partial charge in [-0.05, 0) is 19.4 Å².